The molecular formula is C14H20N2O4S. The van der Waals surface area contributed by atoms with Gasteiger partial charge in [-0.1, -0.05) is 30.8 Å². The number of allylic oxidation sites excluding steroid dienone is 2. The van der Waals surface area contributed by atoms with E-state index >= 15 is 0 Å². The van der Waals surface area contributed by atoms with Gasteiger partial charge in [0.2, 0.25) is 11.8 Å². The molecule has 6 nitrogen and oxygen atoms in total. The molecule has 0 aromatic carbocycles. The molecule has 7 heteroatoms. The number of nitrogens with one attached hydrogen (secondary N) is 2. The van der Waals surface area contributed by atoms with E-state index in [2.05, 4.69) is 10.6 Å². The van der Waals surface area contributed by atoms with Gasteiger partial charge < -0.3 is 10.4 Å². The summed E-state index contributed by atoms with van der Waals surface area (Å²) in [5.74, 6) is -1.18. The van der Waals surface area contributed by atoms with Crippen LogP contribution in [0.5, 0.6) is 0 Å². The van der Waals surface area contributed by atoms with E-state index < -0.39 is 11.9 Å². The maximum absolute atomic E-state index is 12.2. The van der Waals surface area contributed by atoms with Crippen LogP contribution in [0.4, 0.5) is 0 Å². The normalized spacial score (nSPS) is 20.2. The zero-order valence-electron chi connectivity index (χ0n) is 12.1. The fourth-order valence-electron chi connectivity index (χ4n) is 1.80. The van der Waals surface area contributed by atoms with Crippen LogP contribution in [-0.4, -0.2) is 35.5 Å². The Labute approximate surface area is 128 Å². The first kappa shape index (κ1) is 17.5. The summed E-state index contributed by atoms with van der Waals surface area (Å²) < 4.78 is 0. The minimum Gasteiger partial charge on any atom is -0.391 e. The van der Waals surface area contributed by atoms with Crippen molar-refractivity contribution in [3.63, 3.8) is 0 Å². The molecule has 116 valence electrons. The molecule has 1 heterocycles. The number of aliphatic hydroxyl groups is 1. The van der Waals surface area contributed by atoms with Gasteiger partial charge in [-0.05, 0) is 19.8 Å². The number of carbonyl (C=O) groups excluding carboxylic acids is 3. The fourth-order valence-corrected chi connectivity index (χ4v) is 2.67. The van der Waals surface area contributed by atoms with Crippen molar-refractivity contribution in [3.8, 4) is 0 Å². The summed E-state index contributed by atoms with van der Waals surface area (Å²) in [6, 6.07) is -0.696. The third-order valence-corrected chi connectivity index (χ3v) is 4.06. The largest absolute Gasteiger partial charge is 0.391 e. The van der Waals surface area contributed by atoms with Crippen LogP contribution in [0.15, 0.2) is 22.0 Å². The van der Waals surface area contributed by atoms with Gasteiger partial charge >= 0.3 is 0 Å². The first-order chi connectivity index (χ1) is 10.0. The van der Waals surface area contributed by atoms with E-state index in [1.165, 1.54) is 11.8 Å². The fraction of sp³-hybridized carbons (Fsp3) is 0.500. The summed E-state index contributed by atoms with van der Waals surface area (Å²) in [5.41, 5.74) is 0. The monoisotopic (exact) mass is 312 g/mol. The molecule has 0 bridgehead atoms. The average Bonchev–Trinajstić information content (AvgIpc) is 2.46. The van der Waals surface area contributed by atoms with Crippen LogP contribution in [0.1, 0.15) is 33.1 Å². The first-order valence-electron chi connectivity index (χ1n) is 6.80. The number of imide groups is 1. The zero-order chi connectivity index (χ0) is 15.8. The van der Waals surface area contributed by atoms with E-state index in [-0.39, 0.29) is 24.8 Å². The molecule has 0 saturated carbocycles. The lowest BCUT2D eigenvalue weighted by Gasteiger charge is -2.22. The standard InChI is InChI=1S/C14H20N2O4S/c1-3-5-9(8-17)21-11(4-2)14(20)15-10-6-7-12(18)16-13(10)19/h4-5,10,17H,3,6-8H2,1-2H3,(H,15,20)(H,16,18,19)/b9-5+,11-4-. The predicted octanol–water partition coefficient (Wildman–Crippen LogP) is 0.831. The van der Waals surface area contributed by atoms with E-state index in [4.69, 9.17) is 0 Å². The molecule has 1 unspecified atom stereocenters. The van der Waals surface area contributed by atoms with Gasteiger partial charge in [0.15, 0.2) is 0 Å². The van der Waals surface area contributed by atoms with Gasteiger partial charge in [0, 0.05) is 11.3 Å². The van der Waals surface area contributed by atoms with Crippen LogP contribution >= 0.6 is 11.8 Å². The van der Waals surface area contributed by atoms with E-state index in [0.717, 1.165) is 6.42 Å². The second-order valence-electron chi connectivity index (χ2n) is 4.47. The molecule has 1 fully saturated rings. The lowest BCUT2D eigenvalue weighted by molar-refractivity contribution is -0.136. The molecule has 1 saturated heterocycles. The quantitative estimate of drug-likeness (QED) is 0.499. The van der Waals surface area contributed by atoms with Crippen LogP contribution in [0.25, 0.3) is 0 Å². The molecule has 0 aliphatic carbocycles. The van der Waals surface area contributed by atoms with Crippen molar-refractivity contribution in [2.75, 3.05) is 6.61 Å². The van der Waals surface area contributed by atoms with Gasteiger partial charge in [0.05, 0.1) is 11.5 Å². The number of carbonyl (C=O) groups is 3. The van der Waals surface area contributed by atoms with E-state index in [1.54, 1.807) is 13.0 Å². The molecule has 0 aromatic rings. The number of hydrogen-bond acceptors (Lipinski definition) is 5. The number of aliphatic hydroxyl groups excluding tert-OH is 1. The second-order valence-corrected chi connectivity index (χ2v) is 5.64. The van der Waals surface area contributed by atoms with Crippen molar-refractivity contribution in [2.24, 2.45) is 0 Å². The van der Waals surface area contributed by atoms with Gasteiger partial charge in [-0.3, -0.25) is 19.7 Å². The van der Waals surface area contributed by atoms with Crippen molar-refractivity contribution >= 4 is 29.5 Å². The average molecular weight is 312 g/mol. The Hall–Kier alpha value is -1.60. The van der Waals surface area contributed by atoms with Gasteiger partial charge in [0.1, 0.15) is 6.04 Å². The highest BCUT2D eigenvalue weighted by atomic mass is 32.2. The third kappa shape index (κ3) is 5.35. The highest BCUT2D eigenvalue weighted by Crippen LogP contribution is 2.25. The van der Waals surface area contributed by atoms with Crippen LogP contribution in [-0.2, 0) is 14.4 Å². The summed E-state index contributed by atoms with van der Waals surface area (Å²) in [4.78, 5) is 35.9. The summed E-state index contributed by atoms with van der Waals surface area (Å²) in [7, 11) is 0. The summed E-state index contributed by atoms with van der Waals surface area (Å²) in [5, 5.41) is 14.0. The topological polar surface area (TPSA) is 95.5 Å². The van der Waals surface area contributed by atoms with Crippen molar-refractivity contribution in [1.82, 2.24) is 10.6 Å². The lowest BCUT2D eigenvalue weighted by atomic mass is 10.1. The Kier molecular flexibility index (Phi) is 7.18. The number of piperidine rings is 1. The molecule has 3 N–H and O–H groups in total. The molecule has 0 aromatic heterocycles. The van der Waals surface area contributed by atoms with Crippen LogP contribution in [0.2, 0.25) is 0 Å². The maximum atomic E-state index is 12.2. The van der Waals surface area contributed by atoms with Crippen molar-refractivity contribution < 1.29 is 19.5 Å². The molecule has 21 heavy (non-hydrogen) atoms. The molecule has 1 aliphatic heterocycles. The molecule has 1 aliphatic rings. The van der Waals surface area contributed by atoms with Crippen LogP contribution in [0, 0.1) is 0 Å². The maximum Gasteiger partial charge on any atom is 0.258 e. The number of amides is 3. The van der Waals surface area contributed by atoms with Crippen LogP contribution in [0.3, 0.4) is 0 Å². The van der Waals surface area contributed by atoms with Gasteiger partial charge in [-0.25, -0.2) is 0 Å². The Morgan fingerprint density at radius 1 is 1.52 bits per heavy atom. The highest BCUT2D eigenvalue weighted by molar-refractivity contribution is 8.07. The Morgan fingerprint density at radius 2 is 2.24 bits per heavy atom. The molecular weight excluding hydrogens is 292 g/mol. The SMILES string of the molecule is C/C=C(\S/C(=C/CC)CO)C(=O)NC1CCC(=O)NC1=O. The Bertz CT molecular complexity index is 485. The van der Waals surface area contributed by atoms with Gasteiger partial charge in [-0.2, -0.15) is 0 Å². The Morgan fingerprint density at radius 3 is 2.76 bits per heavy atom. The van der Waals surface area contributed by atoms with E-state index in [0.29, 0.717) is 16.2 Å². The van der Waals surface area contributed by atoms with Crippen LogP contribution < -0.4 is 10.6 Å². The minimum atomic E-state index is -0.696. The first-order valence-corrected chi connectivity index (χ1v) is 7.62. The minimum absolute atomic E-state index is 0.137. The summed E-state index contributed by atoms with van der Waals surface area (Å²) in [6.45, 7) is 3.52. The highest BCUT2D eigenvalue weighted by Gasteiger charge is 2.28. The lowest BCUT2D eigenvalue weighted by Crippen LogP contribution is -2.52. The Balaban J connectivity index is 2.66. The predicted molar refractivity (Wildman–Crippen MR) is 81.1 cm³/mol. The molecule has 0 spiro atoms. The smallest absolute Gasteiger partial charge is 0.258 e. The number of rotatable bonds is 6. The molecule has 3 amide bonds. The number of thioether (sulfide) groups is 1. The molecule has 1 rings (SSSR count). The van der Waals surface area contributed by atoms with Crippen molar-refractivity contribution in [2.45, 2.75) is 39.2 Å². The number of hydrogen-bond donors (Lipinski definition) is 3. The summed E-state index contributed by atoms with van der Waals surface area (Å²) >= 11 is 1.17. The van der Waals surface area contributed by atoms with Gasteiger partial charge in [0.25, 0.3) is 5.91 Å². The van der Waals surface area contributed by atoms with E-state index in [9.17, 15) is 19.5 Å². The molecule has 0 radical (unpaired) electrons. The second kappa shape index (κ2) is 8.63. The van der Waals surface area contributed by atoms with E-state index in [1.807, 2.05) is 13.0 Å². The van der Waals surface area contributed by atoms with Crippen molar-refractivity contribution in [3.05, 3.63) is 22.0 Å². The molecule has 1 atom stereocenters. The van der Waals surface area contributed by atoms with Crippen molar-refractivity contribution in [1.29, 1.82) is 0 Å². The zero-order valence-corrected chi connectivity index (χ0v) is 13.0. The van der Waals surface area contributed by atoms with Gasteiger partial charge in [-0.15, -0.1) is 0 Å². The summed E-state index contributed by atoms with van der Waals surface area (Å²) in [6.07, 6.45) is 4.75. The third-order valence-electron chi connectivity index (χ3n) is 2.86.